The summed E-state index contributed by atoms with van der Waals surface area (Å²) in [6.45, 7) is 3.24. The number of nitrogens with one attached hydrogen (secondary N) is 1. The van der Waals surface area contributed by atoms with Crippen LogP contribution < -0.4 is 5.32 Å². The Balaban J connectivity index is 0.00000361. The van der Waals surface area contributed by atoms with Gasteiger partial charge in [0.05, 0.1) is 12.7 Å². The average molecular weight is 308 g/mol. The van der Waals surface area contributed by atoms with Crippen molar-refractivity contribution in [3.8, 4) is 0 Å². The average Bonchev–Trinajstić information content (AvgIpc) is 2.83. The van der Waals surface area contributed by atoms with Crippen LogP contribution in [0.3, 0.4) is 0 Å². The normalized spacial score (nSPS) is 21.5. The highest BCUT2D eigenvalue weighted by molar-refractivity contribution is 5.85. The fraction of sp³-hybridized carbons (Fsp3) is 0.933. The predicted molar refractivity (Wildman–Crippen MR) is 83.2 cm³/mol. The Kier molecular flexibility index (Phi) is 12.2. The molecule has 2 atom stereocenters. The molecule has 0 aromatic carbocycles. The molecule has 1 fully saturated rings. The van der Waals surface area contributed by atoms with Gasteiger partial charge in [-0.05, 0) is 6.42 Å². The van der Waals surface area contributed by atoms with E-state index < -0.39 is 6.10 Å². The van der Waals surface area contributed by atoms with Crippen molar-refractivity contribution >= 4 is 18.4 Å². The molecular weight excluding hydrogens is 278 g/mol. The van der Waals surface area contributed by atoms with E-state index in [2.05, 4.69) is 12.2 Å². The van der Waals surface area contributed by atoms with Crippen LogP contribution in [0.1, 0.15) is 64.7 Å². The first-order valence-electron chi connectivity index (χ1n) is 7.82. The Bertz CT molecular complexity index is 251. The van der Waals surface area contributed by atoms with Crippen molar-refractivity contribution in [1.29, 1.82) is 0 Å². The quantitative estimate of drug-likeness (QED) is 0.481. The van der Waals surface area contributed by atoms with E-state index >= 15 is 0 Å². The van der Waals surface area contributed by atoms with Gasteiger partial charge in [-0.15, -0.1) is 12.4 Å². The number of carbonyl (C=O) groups is 1. The van der Waals surface area contributed by atoms with Gasteiger partial charge in [-0.3, -0.25) is 4.79 Å². The number of rotatable bonds is 10. The van der Waals surface area contributed by atoms with E-state index in [1.54, 1.807) is 0 Å². The van der Waals surface area contributed by atoms with E-state index in [-0.39, 0.29) is 24.4 Å². The van der Waals surface area contributed by atoms with Crippen LogP contribution >= 0.6 is 12.4 Å². The zero-order valence-electron chi connectivity index (χ0n) is 12.6. The van der Waals surface area contributed by atoms with Gasteiger partial charge in [-0.1, -0.05) is 51.9 Å². The highest BCUT2D eigenvalue weighted by atomic mass is 35.5. The van der Waals surface area contributed by atoms with Gasteiger partial charge >= 0.3 is 5.97 Å². The molecule has 1 heterocycles. The maximum absolute atomic E-state index is 11.6. The number of unbranched alkanes of at least 4 members (excludes halogenated alkanes) is 7. The summed E-state index contributed by atoms with van der Waals surface area (Å²) in [6.07, 6.45) is 10.0. The van der Waals surface area contributed by atoms with Crippen molar-refractivity contribution in [2.24, 2.45) is 0 Å². The smallest absolute Gasteiger partial charge is 0.323 e. The lowest BCUT2D eigenvalue weighted by Crippen LogP contribution is -2.32. The van der Waals surface area contributed by atoms with Gasteiger partial charge in [0.2, 0.25) is 0 Å². The Labute approximate surface area is 129 Å². The minimum Gasteiger partial charge on any atom is -0.465 e. The maximum atomic E-state index is 11.6. The number of β-amino-alcohol motifs (C(OH)–C–C–N with tert-alkyl or cyclic N) is 1. The van der Waals surface area contributed by atoms with E-state index in [1.807, 2.05) is 0 Å². The summed E-state index contributed by atoms with van der Waals surface area (Å²) in [6, 6.07) is -0.302. The predicted octanol–water partition coefficient (Wildman–Crippen LogP) is 2.81. The van der Waals surface area contributed by atoms with Gasteiger partial charge in [0.15, 0.2) is 0 Å². The maximum Gasteiger partial charge on any atom is 0.323 e. The monoisotopic (exact) mass is 307 g/mol. The number of hydrogen-bond donors (Lipinski definition) is 2. The molecule has 20 heavy (non-hydrogen) atoms. The van der Waals surface area contributed by atoms with Crippen molar-refractivity contribution < 1.29 is 14.6 Å². The number of ether oxygens (including phenoxy) is 1. The molecule has 0 aromatic heterocycles. The molecule has 4 nitrogen and oxygen atoms in total. The summed E-state index contributed by atoms with van der Waals surface area (Å²) in [5.74, 6) is -0.209. The van der Waals surface area contributed by atoms with E-state index in [0.717, 1.165) is 12.8 Å². The first-order valence-corrected chi connectivity index (χ1v) is 7.82. The lowest BCUT2D eigenvalue weighted by atomic mass is 10.1. The molecule has 0 unspecified atom stereocenters. The van der Waals surface area contributed by atoms with Crippen LogP contribution in [-0.2, 0) is 9.53 Å². The number of carbonyl (C=O) groups excluding carboxylic acids is 1. The zero-order chi connectivity index (χ0) is 13.9. The van der Waals surface area contributed by atoms with Crippen molar-refractivity contribution in [2.75, 3.05) is 13.2 Å². The van der Waals surface area contributed by atoms with Crippen LogP contribution in [0.5, 0.6) is 0 Å². The third-order valence-corrected chi connectivity index (χ3v) is 3.63. The number of aliphatic hydroxyl groups excluding tert-OH is 1. The van der Waals surface area contributed by atoms with E-state index in [4.69, 9.17) is 4.74 Å². The van der Waals surface area contributed by atoms with Crippen molar-refractivity contribution in [3.05, 3.63) is 0 Å². The first-order chi connectivity index (χ1) is 9.24. The van der Waals surface area contributed by atoms with Gasteiger partial charge in [0.1, 0.15) is 6.04 Å². The molecule has 1 saturated heterocycles. The van der Waals surface area contributed by atoms with Crippen molar-refractivity contribution in [3.63, 3.8) is 0 Å². The highest BCUT2D eigenvalue weighted by Crippen LogP contribution is 2.10. The van der Waals surface area contributed by atoms with Crippen LogP contribution in [0.25, 0.3) is 0 Å². The van der Waals surface area contributed by atoms with E-state index in [9.17, 15) is 9.90 Å². The molecule has 2 N–H and O–H groups in total. The van der Waals surface area contributed by atoms with Crippen LogP contribution in [0.2, 0.25) is 0 Å². The SMILES string of the molecule is CCCCCCCCCCOC(=O)[C@@H]1C[C@@H](O)CN1.Cl. The Morgan fingerprint density at radius 3 is 2.30 bits per heavy atom. The number of hydrogen-bond acceptors (Lipinski definition) is 4. The molecule has 0 radical (unpaired) electrons. The summed E-state index contributed by atoms with van der Waals surface area (Å²) in [4.78, 5) is 11.6. The Hall–Kier alpha value is -0.320. The molecule has 0 aliphatic carbocycles. The molecule has 0 amide bonds. The Morgan fingerprint density at radius 1 is 1.15 bits per heavy atom. The van der Waals surface area contributed by atoms with Crippen molar-refractivity contribution in [1.82, 2.24) is 5.32 Å². The summed E-state index contributed by atoms with van der Waals surface area (Å²) in [5, 5.41) is 12.3. The van der Waals surface area contributed by atoms with Crippen LogP contribution in [0.4, 0.5) is 0 Å². The topological polar surface area (TPSA) is 58.6 Å². The second-order valence-electron chi connectivity index (χ2n) is 5.49. The second-order valence-corrected chi connectivity index (χ2v) is 5.49. The fourth-order valence-corrected chi connectivity index (χ4v) is 2.41. The molecule has 1 aliphatic rings. The lowest BCUT2D eigenvalue weighted by Gasteiger charge is -2.10. The molecule has 0 bridgehead atoms. The molecule has 5 heteroatoms. The van der Waals surface area contributed by atoms with Gasteiger partial charge < -0.3 is 15.2 Å². The van der Waals surface area contributed by atoms with Crippen LogP contribution in [0, 0.1) is 0 Å². The minimum absolute atomic E-state index is 0. The summed E-state index contributed by atoms with van der Waals surface area (Å²) in [7, 11) is 0. The summed E-state index contributed by atoms with van der Waals surface area (Å²) in [5.41, 5.74) is 0. The van der Waals surface area contributed by atoms with Gasteiger partial charge in [-0.2, -0.15) is 0 Å². The largest absolute Gasteiger partial charge is 0.465 e. The van der Waals surface area contributed by atoms with Gasteiger partial charge in [0.25, 0.3) is 0 Å². The molecule has 1 aliphatic heterocycles. The van der Waals surface area contributed by atoms with E-state index in [0.29, 0.717) is 19.6 Å². The van der Waals surface area contributed by atoms with E-state index in [1.165, 1.54) is 38.5 Å². The zero-order valence-corrected chi connectivity index (χ0v) is 13.4. The third kappa shape index (κ3) is 8.77. The lowest BCUT2D eigenvalue weighted by molar-refractivity contribution is -0.146. The third-order valence-electron chi connectivity index (χ3n) is 3.63. The molecule has 0 spiro atoms. The standard InChI is InChI=1S/C15H29NO3.ClH/c1-2-3-4-5-6-7-8-9-10-19-15(18)14-11-13(17)12-16-14;/h13-14,16-17H,2-12H2,1H3;1H/t13-,14+;/m1./s1. The van der Waals surface area contributed by atoms with Crippen LogP contribution in [-0.4, -0.2) is 36.4 Å². The number of aliphatic hydroxyl groups is 1. The minimum atomic E-state index is -0.402. The van der Waals surface area contributed by atoms with Crippen molar-refractivity contribution in [2.45, 2.75) is 76.9 Å². The highest BCUT2D eigenvalue weighted by Gasteiger charge is 2.28. The number of esters is 1. The fourth-order valence-electron chi connectivity index (χ4n) is 2.41. The summed E-state index contributed by atoms with van der Waals surface area (Å²) >= 11 is 0. The molecule has 0 saturated carbocycles. The molecule has 0 aromatic rings. The summed E-state index contributed by atoms with van der Waals surface area (Å²) < 4.78 is 5.21. The Morgan fingerprint density at radius 2 is 1.75 bits per heavy atom. The number of halogens is 1. The molecule has 1 rings (SSSR count). The molecular formula is C15H30ClNO3. The van der Waals surface area contributed by atoms with Gasteiger partial charge in [0, 0.05) is 13.0 Å². The van der Waals surface area contributed by atoms with Crippen LogP contribution in [0.15, 0.2) is 0 Å². The van der Waals surface area contributed by atoms with Gasteiger partial charge in [-0.25, -0.2) is 0 Å². The molecule has 120 valence electrons. The first kappa shape index (κ1) is 19.7. The second kappa shape index (κ2) is 12.4.